The van der Waals surface area contributed by atoms with Gasteiger partial charge in [0.1, 0.15) is 11.5 Å². The van der Waals surface area contributed by atoms with E-state index < -0.39 is 0 Å². The summed E-state index contributed by atoms with van der Waals surface area (Å²) in [7, 11) is 6.91. The number of para-hydroxylation sites is 1. The first-order chi connectivity index (χ1) is 14.6. The van der Waals surface area contributed by atoms with Crippen LogP contribution in [0.3, 0.4) is 0 Å². The van der Waals surface area contributed by atoms with Crippen LogP contribution >= 0.6 is 24.0 Å². The molecule has 0 bridgehead atoms. The lowest BCUT2D eigenvalue weighted by molar-refractivity contribution is -0.117. The maximum absolute atomic E-state index is 12.9. The fourth-order valence-corrected chi connectivity index (χ4v) is 3.74. The minimum Gasteiger partial charge on any atom is -0.497 e. The number of halogens is 1. The van der Waals surface area contributed by atoms with E-state index in [1.807, 2.05) is 53.2 Å². The first-order valence-electron chi connectivity index (χ1n) is 10.1. The number of aryl methyl sites for hydroxylation is 1. The highest BCUT2D eigenvalue weighted by atomic mass is 127. The topological polar surface area (TPSA) is 66.4 Å². The van der Waals surface area contributed by atoms with Crippen LogP contribution in [0, 0.1) is 0 Å². The highest BCUT2D eigenvalue weighted by molar-refractivity contribution is 14.0. The Bertz CT molecular complexity index is 919. The molecule has 31 heavy (non-hydrogen) atoms. The predicted molar refractivity (Wildman–Crippen MR) is 135 cm³/mol. The average molecular weight is 538 g/mol. The van der Waals surface area contributed by atoms with E-state index in [0.29, 0.717) is 12.5 Å². The molecule has 0 unspecified atom stereocenters. The number of hydrogen-bond donors (Lipinski definition) is 1. The Morgan fingerprint density at radius 3 is 2.68 bits per heavy atom. The number of benzene rings is 2. The summed E-state index contributed by atoms with van der Waals surface area (Å²) in [5.74, 6) is 2.18. The zero-order valence-corrected chi connectivity index (χ0v) is 20.9. The first-order valence-corrected chi connectivity index (χ1v) is 10.1. The summed E-state index contributed by atoms with van der Waals surface area (Å²) in [5.41, 5.74) is 3.24. The van der Waals surface area contributed by atoms with Gasteiger partial charge in [-0.05, 0) is 36.6 Å². The summed E-state index contributed by atoms with van der Waals surface area (Å²) in [6, 6.07) is 13.8. The van der Waals surface area contributed by atoms with Crippen LogP contribution in [0.2, 0.25) is 0 Å². The third-order valence-electron chi connectivity index (χ3n) is 5.28. The molecule has 0 atom stereocenters. The highest BCUT2D eigenvalue weighted by Crippen LogP contribution is 2.27. The molecule has 1 aliphatic rings. The number of anilines is 1. The smallest absolute Gasteiger partial charge is 0.246 e. The van der Waals surface area contributed by atoms with Crippen molar-refractivity contribution in [2.45, 2.75) is 19.4 Å². The number of hydrogen-bond acceptors (Lipinski definition) is 4. The molecular formula is C23H31IN4O3. The van der Waals surface area contributed by atoms with E-state index in [9.17, 15) is 4.79 Å². The maximum atomic E-state index is 12.9. The van der Waals surface area contributed by atoms with Gasteiger partial charge >= 0.3 is 0 Å². The van der Waals surface area contributed by atoms with Gasteiger partial charge in [-0.25, -0.2) is 0 Å². The minimum atomic E-state index is 0. The van der Waals surface area contributed by atoms with Gasteiger partial charge in [-0.15, -0.1) is 24.0 Å². The number of nitrogens with zero attached hydrogens (tertiary/aromatic N) is 3. The zero-order chi connectivity index (χ0) is 21.5. The molecule has 0 spiro atoms. The summed E-state index contributed by atoms with van der Waals surface area (Å²) >= 11 is 0. The van der Waals surface area contributed by atoms with Gasteiger partial charge in [-0.2, -0.15) is 0 Å². The summed E-state index contributed by atoms with van der Waals surface area (Å²) in [6.45, 7) is 1.51. The van der Waals surface area contributed by atoms with Gasteiger partial charge < -0.3 is 24.6 Å². The molecule has 3 rings (SSSR count). The molecule has 1 heterocycles. The standard InChI is InChI=1S/C23H30N4O3.HI/c1-24-23(26(2)16-18-11-12-19(29-3)14-21(18)30-4)25-15-22(28)27-13-7-9-17-8-5-6-10-20(17)27;/h5-6,8,10-12,14H,7,9,13,15-16H2,1-4H3,(H,24,25);1H. The van der Waals surface area contributed by atoms with Gasteiger partial charge in [0, 0.05) is 44.5 Å². The highest BCUT2D eigenvalue weighted by Gasteiger charge is 2.22. The van der Waals surface area contributed by atoms with E-state index in [1.54, 1.807) is 21.3 Å². The number of amides is 1. The molecule has 0 fully saturated rings. The molecule has 7 nitrogen and oxygen atoms in total. The lowest BCUT2D eigenvalue weighted by Crippen LogP contribution is -2.46. The second-order valence-electron chi connectivity index (χ2n) is 7.21. The minimum absolute atomic E-state index is 0. The van der Waals surface area contributed by atoms with Crippen molar-refractivity contribution in [1.29, 1.82) is 0 Å². The third kappa shape index (κ3) is 6.03. The molecule has 0 aromatic heterocycles. The summed E-state index contributed by atoms with van der Waals surface area (Å²) < 4.78 is 10.7. The fraction of sp³-hybridized carbons (Fsp3) is 0.391. The molecule has 2 aromatic carbocycles. The fourth-order valence-electron chi connectivity index (χ4n) is 3.74. The molecule has 1 aliphatic heterocycles. The molecule has 8 heteroatoms. The van der Waals surface area contributed by atoms with Crippen LogP contribution in [-0.4, -0.2) is 58.2 Å². The van der Waals surface area contributed by atoms with Gasteiger partial charge in [0.15, 0.2) is 5.96 Å². The number of carbonyl (C=O) groups is 1. The van der Waals surface area contributed by atoms with E-state index in [-0.39, 0.29) is 36.4 Å². The Kier molecular flexibility index (Phi) is 9.42. The molecular weight excluding hydrogens is 507 g/mol. The zero-order valence-electron chi connectivity index (χ0n) is 18.6. The Morgan fingerprint density at radius 1 is 1.19 bits per heavy atom. The van der Waals surface area contributed by atoms with Gasteiger partial charge in [0.05, 0.1) is 20.8 Å². The van der Waals surface area contributed by atoms with Crippen molar-refractivity contribution < 1.29 is 14.3 Å². The SMILES string of the molecule is CN=C(NCC(=O)N1CCCc2ccccc21)N(C)Cc1ccc(OC)cc1OC.I. The van der Waals surface area contributed by atoms with Gasteiger partial charge in [-0.3, -0.25) is 9.79 Å². The molecule has 2 aromatic rings. The molecule has 168 valence electrons. The number of ether oxygens (including phenoxy) is 2. The maximum Gasteiger partial charge on any atom is 0.246 e. The van der Waals surface area contributed by atoms with E-state index in [0.717, 1.165) is 42.1 Å². The second-order valence-corrected chi connectivity index (χ2v) is 7.21. The first kappa shape index (κ1) is 24.8. The summed E-state index contributed by atoms with van der Waals surface area (Å²) in [5, 5.41) is 3.20. The van der Waals surface area contributed by atoms with Crippen LogP contribution < -0.4 is 19.7 Å². The Labute approximate surface area is 201 Å². The van der Waals surface area contributed by atoms with Gasteiger partial charge in [-0.1, -0.05) is 18.2 Å². The number of carbonyl (C=O) groups excluding carboxylic acids is 1. The largest absolute Gasteiger partial charge is 0.497 e. The number of rotatable bonds is 6. The third-order valence-corrected chi connectivity index (χ3v) is 5.28. The normalized spacial score (nSPS) is 13.0. The average Bonchev–Trinajstić information content (AvgIpc) is 2.79. The molecule has 0 radical (unpaired) electrons. The number of fused-ring (bicyclic) bond motifs is 1. The monoisotopic (exact) mass is 538 g/mol. The lowest BCUT2D eigenvalue weighted by atomic mass is 10.0. The Balaban J connectivity index is 0.00000341. The van der Waals surface area contributed by atoms with Crippen molar-refractivity contribution in [2.75, 3.05) is 46.3 Å². The second kappa shape index (κ2) is 11.8. The molecule has 0 saturated carbocycles. The van der Waals surface area contributed by atoms with E-state index in [1.165, 1.54) is 5.56 Å². The van der Waals surface area contributed by atoms with Gasteiger partial charge in [0.2, 0.25) is 5.91 Å². The van der Waals surface area contributed by atoms with Crippen LogP contribution in [-0.2, 0) is 17.8 Å². The summed E-state index contributed by atoms with van der Waals surface area (Å²) in [6.07, 6.45) is 2.00. The number of aliphatic imine (C=N–C) groups is 1. The van der Waals surface area contributed by atoms with Gasteiger partial charge in [0.25, 0.3) is 0 Å². The summed E-state index contributed by atoms with van der Waals surface area (Å²) in [4.78, 5) is 21.0. The van der Waals surface area contributed by atoms with Crippen molar-refractivity contribution >= 4 is 41.5 Å². The molecule has 1 N–H and O–H groups in total. The van der Waals surface area contributed by atoms with E-state index >= 15 is 0 Å². The van der Waals surface area contributed by atoms with Crippen molar-refractivity contribution in [3.63, 3.8) is 0 Å². The Hall–Kier alpha value is -2.49. The lowest BCUT2D eigenvalue weighted by Gasteiger charge is -2.30. The number of nitrogens with one attached hydrogen (secondary N) is 1. The van der Waals surface area contributed by atoms with Crippen molar-refractivity contribution in [3.8, 4) is 11.5 Å². The van der Waals surface area contributed by atoms with Crippen LogP contribution in [0.15, 0.2) is 47.5 Å². The van der Waals surface area contributed by atoms with Crippen LogP contribution in [0.4, 0.5) is 5.69 Å². The van der Waals surface area contributed by atoms with Crippen LogP contribution in [0.25, 0.3) is 0 Å². The van der Waals surface area contributed by atoms with Crippen LogP contribution in [0.1, 0.15) is 17.5 Å². The van der Waals surface area contributed by atoms with Crippen molar-refractivity contribution in [1.82, 2.24) is 10.2 Å². The number of guanidine groups is 1. The van der Waals surface area contributed by atoms with Crippen LogP contribution in [0.5, 0.6) is 11.5 Å². The molecule has 0 saturated heterocycles. The van der Waals surface area contributed by atoms with Crippen molar-refractivity contribution in [2.24, 2.45) is 4.99 Å². The predicted octanol–water partition coefficient (Wildman–Crippen LogP) is 3.31. The molecule has 1 amide bonds. The van der Waals surface area contributed by atoms with E-state index in [4.69, 9.17) is 9.47 Å². The molecule has 0 aliphatic carbocycles. The quantitative estimate of drug-likeness (QED) is 0.348. The Morgan fingerprint density at radius 2 is 1.97 bits per heavy atom. The van der Waals surface area contributed by atoms with Crippen molar-refractivity contribution in [3.05, 3.63) is 53.6 Å². The number of methoxy groups -OCH3 is 2. The van der Waals surface area contributed by atoms with E-state index in [2.05, 4.69) is 16.4 Å².